The highest BCUT2D eigenvalue weighted by Gasteiger charge is 2.46. The van der Waals surface area contributed by atoms with Crippen molar-refractivity contribution in [3.8, 4) is 0 Å². The Morgan fingerprint density at radius 2 is 1.96 bits per heavy atom. The highest BCUT2D eigenvalue weighted by molar-refractivity contribution is 5.82. The summed E-state index contributed by atoms with van der Waals surface area (Å²) in [5.74, 6) is 1.33. The highest BCUT2D eigenvalue weighted by Crippen LogP contribution is 2.35. The maximum Gasteiger partial charge on any atom is 0.315 e. The molecule has 0 bridgehead atoms. The van der Waals surface area contributed by atoms with Gasteiger partial charge in [0, 0.05) is 26.1 Å². The van der Waals surface area contributed by atoms with Crippen molar-refractivity contribution in [2.45, 2.75) is 50.6 Å². The van der Waals surface area contributed by atoms with Crippen LogP contribution in [0.1, 0.15) is 42.9 Å². The largest absolute Gasteiger partial charge is 0.481 e. The van der Waals surface area contributed by atoms with Gasteiger partial charge in [0.2, 0.25) is 0 Å². The predicted octanol–water partition coefficient (Wildman–Crippen LogP) is 2.23. The van der Waals surface area contributed by atoms with Crippen molar-refractivity contribution in [3.05, 3.63) is 47.5 Å². The fourth-order valence-corrected chi connectivity index (χ4v) is 4.18. The summed E-state index contributed by atoms with van der Waals surface area (Å²) in [5, 5.41) is 18.7. The van der Waals surface area contributed by atoms with Crippen LogP contribution >= 0.6 is 0 Å². The second kappa shape index (κ2) is 6.59. The average Bonchev–Trinajstić information content (AvgIpc) is 3.14. The zero-order valence-electron chi connectivity index (χ0n) is 14.4. The lowest BCUT2D eigenvalue weighted by atomic mass is 9.80. The Balaban J connectivity index is 1.54. The molecule has 0 saturated carbocycles. The number of nitrogens with zero attached hydrogens (tertiary/aromatic N) is 4. The van der Waals surface area contributed by atoms with Crippen LogP contribution in [-0.2, 0) is 29.7 Å². The second-order valence-electron chi connectivity index (χ2n) is 7.21. The maximum atomic E-state index is 12.1. The molecule has 1 aromatic heterocycles. The van der Waals surface area contributed by atoms with E-state index in [-0.39, 0.29) is 0 Å². The Labute approximate surface area is 147 Å². The summed E-state index contributed by atoms with van der Waals surface area (Å²) in [6, 6.07) is 9.63. The van der Waals surface area contributed by atoms with E-state index in [0.717, 1.165) is 36.7 Å². The molecule has 6 nitrogen and oxygen atoms in total. The van der Waals surface area contributed by atoms with Gasteiger partial charge in [0.25, 0.3) is 0 Å². The number of aromatic nitrogens is 3. The molecular weight excluding hydrogens is 316 g/mol. The van der Waals surface area contributed by atoms with Gasteiger partial charge in [-0.05, 0) is 24.8 Å². The Morgan fingerprint density at radius 3 is 2.76 bits per heavy atom. The summed E-state index contributed by atoms with van der Waals surface area (Å²) in [5.41, 5.74) is 0.0770. The molecule has 2 aliphatic rings. The van der Waals surface area contributed by atoms with Crippen LogP contribution in [0, 0.1) is 0 Å². The number of aliphatic carboxylic acids is 1. The first-order valence-corrected chi connectivity index (χ1v) is 9.11. The molecule has 1 atom stereocenters. The molecule has 3 heterocycles. The Bertz CT molecular complexity index is 758. The van der Waals surface area contributed by atoms with E-state index < -0.39 is 11.4 Å². The second-order valence-corrected chi connectivity index (χ2v) is 7.21. The van der Waals surface area contributed by atoms with Crippen LogP contribution in [0.5, 0.6) is 0 Å². The van der Waals surface area contributed by atoms with Gasteiger partial charge in [0.15, 0.2) is 0 Å². The van der Waals surface area contributed by atoms with Crippen LogP contribution in [0.3, 0.4) is 0 Å². The van der Waals surface area contributed by atoms with E-state index in [1.807, 2.05) is 30.3 Å². The van der Waals surface area contributed by atoms with Gasteiger partial charge in [-0.3, -0.25) is 9.69 Å². The molecule has 0 amide bonds. The maximum absolute atomic E-state index is 12.1. The van der Waals surface area contributed by atoms with Gasteiger partial charge in [0.1, 0.15) is 17.1 Å². The molecule has 25 heavy (non-hydrogen) atoms. The minimum absolute atomic E-state index is 0.522. The Kier molecular flexibility index (Phi) is 4.29. The number of rotatable bonds is 4. The van der Waals surface area contributed by atoms with E-state index in [4.69, 9.17) is 0 Å². The van der Waals surface area contributed by atoms with Crippen LogP contribution in [0.15, 0.2) is 30.3 Å². The molecule has 4 rings (SSSR count). The fraction of sp³-hybridized carbons (Fsp3) is 0.526. The van der Waals surface area contributed by atoms with Gasteiger partial charge >= 0.3 is 5.97 Å². The first-order chi connectivity index (χ1) is 12.2. The van der Waals surface area contributed by atoms with E-state index in [1.165, 1.54) is 19.3 Å². The number of hydrogen-bond donors (Lipinski definition) is 1. The van der Waals surface area contributed by atoms with E-state index in [2.05, 4.69) is 19.7 Å². The lowest BCUT2D eigenvalue weighted by molar-refractivity contribution is -0.143. The summed E-state index contributed by atoms with van der Waals surface area (Å²) in [6.45, 7) is 2.95. The molecule has 1 unspecified atom stereocenters. The number of benzene rings is 1. The third-order valence-corrected chi connectivity index (χ3v) is 5.64. The zero-order chi connectivity index (χ0) is 17.3. The minimum Gasteiger partial charge on any atom is -0.481 e. The van der Waals surface area contributed by atoms with E-state index >= 15 is 0 Å². The van der Waals surface area contributed by atoms with Crippen LogP contribution < -0.4 is 0 Å². The molecule has 2 aliphatic heterocycles. The fourth-order valence-electron chi connectivity index (χ4n) is 4.18. The summed E-state index contributed by atoms with van der Waals surface area (Å²) in [6.07, 6.45) is 5.21. The molecule has 6 heteroatoms. The first kappa shape index (κ1) is 16.3. The van der Waals surface area contributed by atoms with Crippen molar-refractivity contribution in [1.82, 2.24) is 19.7 Å². The van der Waals surface area contributed by atoms with Gasteiger partial charge in [-0.1, -0.05) is 36.8 Å². The molecule has 1 aromatic carbocycles. The number of carbonyl (C=O) groups is 1. The normalized spacial score (nSPS) is 24.0. The number of hydrogen-bond acceptors (Lipinski definition) is 4. The summed E-state index contributed by atoms with van der Waals surface area (Å²) in [7, 11) is 0. The number of carboxylic acid groups (broad SMARTS) is 1. The topological polar surface area (TPSA) is 71.2 Å². The van der Waals surface area contributed by atoms with Crippen molar-refractivity contribution in [1.29, 1.82) is 0 Å². The van der Waals surface area contributed by atoms with Crippen LogP contribution in [-0.4, -0.2) is 43.8 Å². The van der Waals surface area contributed by atoms with Crippen molar-refractivity contribution in [3.63, 3.8) is 0 Å². The zero-order valence-corrected chi connectivity index (χ0v) is 14.4. The van der Waals surface area contributed by atoms with Crippen molar-refractivity contribution in [2.75, 3.05) is 13.1 Å². The van der Waals surface area contributed by atoms with Crippen molar-refractivity contribution < 1.29 is 9.90 Å². The highest BCUT2D eigenvalue weighted by atomic mass is 16.4. The van der Waals surface area contributed by atoms with Crippen molar-refractivity contribution >= 4 is 5.97 Å². The molecule has 0 spiro atoms. The third-order valence-electron chi connectivity index (χ3n) is 5.64. The van der Waals surface area contributed by atoms with Gasteiger partial charge < -0.3 is 9.67 Å². The smallest absolute Gasteiger partial charge is 0.315 e. The molecule has 2 aromatic rings. The van der Waals surface area contributed by atoms with Crippen LogP contribution in [0.25, 0.3) is 0 Å². The van der Waals surface area contributed by atoms with Gasteiger partial charge in [-0.2, -0.15) is 0 Å². The molecule has 0 radical (unpaired) electrons. The predicted molar refractivity (Wildman–Crippen MR) is 93.2 cm³/mol. The summed E-state index contributed by atoms with van der Waals surface area (Å²) >= 11 is 0. The van der Waals surface area contributed by atoms with Gasteiger partial charge in [-0.15, -0.1) is 10.2 Å². The monoisotopic (exact) mass is 340 g/mol. The van der Waals surface area contributed by atoms with Gasteiger partial charge in [0.05, 0.1) is 6.54 Å². The average molecular weight is 340 g/mol. The van der Waals surface area contributed by atoms with Crippen LogP contribution in [0.4, 0.5) is 0 Å². The molecule has 1 N–H and O–H groups in total. The SMILES string of the molecule is O=C(O)C1(c2ccccc2)CCN(Cc2nnc3n2CCCCC3)C1. The van der Waals surface area contributed by atoms with Crippen LogP contribution in [0.2, 0.25) is 0 Å². The first-order valence-electron chi connectivity index (χ1n) is 9.11. The number of fused-ring (bicyclic) bond motifs is 1. The summed E-state index contributed by atoms with van der Waals surface area (Å²) < 4.78 is 2.25. The molecule has 1 saturated heterocycles. The number of aryl methyl sites for hydroxylation is 1. The molecule has 1 fully saturated rings. The third kappa shape index (κ3) is 2.95. The molecule has 0 aliphatic carbocycles. The quantitative estimate of drug-likeness (QED) is 0.924. The van der Waals surface area contributed by atoms with Crippen molar-refractivity contribution in [2.24, 2.45) is 0 Å². The Hall–Kier alpha value is -2.21. The van der Waals surface area contributed by atoms with Gasteiger partial charge in [-0.25, -0.2) is 0 Å². The number of carboxylic acids is 1. The number of likely N-dealkylation sites (tertiary alicyclic amines) is 1. The molecule has 132 valence electrons. The van der Waals surface area contributed by atoms with E-state index in [1.54, 1.807) is 0 Å². The standard InChI is InChI=1S/C19H24N4O2/c24-18(25)19(15-7-3-1-4-8-15)10-12-22(14-19)13-17-21-20-16-9-5-2-6-11-23(16)17/h1,3-4,7-8H,2,5-6,9-14H2,(H,24,25). The Morgan fingerprint density at radius 1 is 1.12 bits per heavy atom. The lowest BCUT2D eigenvalue weighted by Crippen LogP contribution is -2.39. The minimum atomic E-state index is -0.817. The van der Waals surface area contributed by atoms with E-state index in [0.29, 0.717) is 19.5 Å². The van der Waals surface area contributed by atoms with E-state index in [9.17, 15) is 9.90 Å². The lowest BCUT2D eigenvalue weighted by Gasteiger charge is -2.25. The molecular formula is C19H24N4O2. The summed E-state index contributed by atoms with van der Waals surface area (Å²) in [4.78, 5) is 14.3.